The molecule has 6 heteroatoms. The minimum absolute atomic E-state index is 0.199. The van der Waals surface area contributed by atoms with Crippen molar-refractivity contribution in [3.63, 3.8) is 0 Å². The largest absolute Gasteiger partial charge is 0.479 e. The summed E-state index contributed by atoms with van der Waals surface area (Å²) in [6.45, 7) is 0. The van der Waals surface area contributed by atoms with Crippen LogP contribution in [0.3, 0.4) is 0 Å². The summed E-state index contributed by atoms with van der Waals surface area (Å²) in [5.74, 6) is -1.81. The van der Waals surface area contributed by atoms with Crippen molar-refractivity contribution >= 4 is 28.9 Å². The molecule has 1 atom stereocenters. The van der Waals surface area contributed by atoms with Crippen LogP contribution >= 0.6 is 0 Å². The van der Waals surface area contributed by atoms with Crippen molar-refractivity contribution in [2.45, 2.75) is 6.04 Å². The van der Waals surface area contributed by atoms with Crippen LogP contribution in [-0.2, 0) is 9.59 Å². The Kier molecular flexibility index (Phi) is 4.94. The molecule has 6 nitrogen and oxygen atoms in total. The fourth-order valence-electron chi connectivity index (χ4n) is 2.50. The molecule has 2 N–H and O–H groups in total. The Bertz CT molecular complexity index is 1040. The van der Waals surface area contributed by atoms with Crippen LogP contribution < -0.4 is 10.7 Å². The summed E-state index contributed by atoms with van der Waals surface area (Å²) in [5, 5.41) is 12.1. The lowest BCUT2D eigenvalue weighted by Gasteiger charge is -2.13. The Hall–Kier alpha value is -3.67. The Balaban J connectivity index is 1.80. The van der Waals surface area contributed by atoms with Crippen LogP contribution in [0.2, 0.25) is 0 Å². The topological polar surface area (TPSA) is 96.6 Å². The maximum Gasteiger partial charge on any atom is 0.330 e. The van der Waals surface area contributed by atoms with Gasteiger partial charge in [0.05, 0.1) is 10.9 Å². The van der Waals surface area contributed by atoms with E-state index < -0.39 is 17.9 Å². The average Bonchev–Trinajstić information content (AvgIpc) is 2.66. The van der Waals surface area contributed by atoms with Gasteiger partial charge in [-0.05, 0) is 23.8 Å². The van der Waals surface area contributed by atoms with Gasteiger partial charge in [0.2, 0.25) is 5.91 Å². The molecular formula is C20H15NO5. The highest BCUT2D eigenvalue weighted by Crippen LogP contribution is 2.13. The van der Waals surface area contributed by atoms with Crippen molar-refractivity contribution in [3.05, 3.63) is 88.3 Å². The molecule has 26 heavy (non-hydrogen) atoms. The van der Waals surface area contributed by atoms with Crippen molar-refractivity contribution in [3.8, 4) is 0 Å². The summed E-state index contributed by atoms with van der Waals surface area (Å²) in [6.07, 6.45) is 3.68. The summed E-state index contributed by atoms with van der Waals surface area (Å²) in [7, 11) is 0. The number of carbonyl (C=O) groups is 2. The monoisotopic (exact) mass is 349 g/mol. The number of amides is 1. The zero-order valence-corrected chi connectivity index (χ0v) is 13.6. The number of para-hydroxylation sites is 1. The highest BCUT2D eigenvalue weighted by atomic mass is 16.4. The van der Waals surface area contributed by atoms with Gasteiger partial charge in [0.1, 0.15) is 11.8 Å². The van der Waals surface area contributed by atoms with Crippen LogP contribution in [0.25, 0.3) is 17.0 Å². The van der Waals surface area contributed by atoms with E-state index in [0.717, 1.165) is 6.08 Å². The van der Waals surface area contributed by atoms with Crippen LogP contribution in [0, 0.1) is 0 Å². The number of hydrogen-bond donors (Lipinski definition) is 2. The molecule has 1 aromatic heterocycles. The molecule has 2 aromatic carbocycles. The summed E-state index contributed by atoms with van der Waals surface area (Å²) >= 11 is 0. The van der Waals surface area contributed by atoms with Gasteiger partial charge >= 0.3 is 5.97 Å². The van der Waals surface area contributed by atoms with Gasteiger partial charge in [-0.3, -0.25) is 9.59 Å². The molecule has 1 amide bonds. The predicted octanol–water partition coefficient (Wildman–Crippen LogP) is 2.75. The normalized spacial score (nSPS) is 12.2. The SMILES string of the molecule is O=C(/C=C/c1coc2ccccc2c1=O)N[C@H](C(=O)O)c1ccccc1. The van der Waals surface area contributed by atoms with Crippen molar-refractivity contribution in [2.24, 2.45) is 0 Å². The van der Waals surface area contributed by atoms with E-state index in [2.05, 4.69) is 5.32 Å². The highest BCUT2D eigenvalue weighted by Gasteiger charge is 2.20. The van der Waals surface area contributed by atoms with Crippen LogP contribution in [0.4, 0.5) is 0 Å². The molecule has 0 fully saturated rings. The number of aliphatic carboxylic acids is 1. The number of carbonyl (C=O) groups excluding carboxylic acids is 1. The zero-order valence-electron chi connectivity index (χ0n) is 13.6. The highest BCUT2D eigenvalue weighted by molar-refractivity contribution is 5.95. The molecule has 130 valence electrons. The van der Waals surface area contributed by atoms with Gasteiger partial charge in [0.15, 0.2) is 11.5 Å². The van der Waals surface area contributed by atoms with E-state index >= 15 is 0 Å². The summed E-state index contributed by atoms with van der Waals surface area (Å²) in [6, 6.07) is 14.0. The standard InChI is InChI=1S/C20H15NO5/c22-17(21-18(20(24)25)13-6-2-1-3-7-13)11-10-14-12-26-16-9-5-4-8-15(16)19(14)23/h1-12,18H,(H,21,22)(H,24,25)/b11-10+/t18-/m0/s1. The first-order chi connectivity index (χ1) is 12.6. The Labute approximate surface area is 148 Å². The molecular weight excluding hydrogens is 334 g/mol. The second-order valence-electron chi connectivity index (χ2n) is 5.54. The molecule has 0 spiro atoms. The molecule has 0 radical (unpaired) electrons. The van der Waals surface area contributed by atoms with Crippen molar-refractivity contribution in [1.82, 2.24) is 5.32 Å². The maximum atomic E-state index is 12.4. The Morgan fingerprint density at radius 3 is 2.46 bits per heavy atom. The van der Waals surface area contributed by atoms with Crippen molar-refractivity contribution in [2.75, 3.05) is 0 Å². The van der Waals surface area contributed by atoms with E-state index in [1.165, 1.54) is 12.3 Å². The number of carboxylic acid groups (broad SMARTS) is 1. The fraction of sp³-hybridized carbons (Fsp3) is 0.0500. The van der Waals surface area contributed by atoms with Gasteiger partial charge in [0, 0.05) is 6.08 Å². The van der Waals surface area contributed by atoms with Crippen molar-refractivity contribution in [1.29, 1.82) is 0 Å². The molecule has 0 bridgehead atoms. The third kappa shape index (κ3) is 3.70. The second-order valence-corrected chi connectivity index (χ2v) is 5.54. The van der Waals surface area contributed by atoms with Crippen LogP contribution in [-0.4, -0.2) is 17.0 Å². The predicted molar refractivity (Wildman–Crippen MR) is 96.5 cm³/mol. The van der Waals surface area contributed by atoms with Crippen LogP contribution in [0.5, 0.6) is 0 Å². The first-order valence-corrected chi connectivity index (χ1v) is 7.83. The van der Waals surface area contributed by atoms with Gasteiger partial charge in [0.25, 0.3) is 0 Å². The van der Waals surface area contributed by atoms with E-state index in [9.17, 15) is 19.5 Å². The van der Waals surface area contributed by atoms with Crippen LogP contribution in [0.1, 0.15) is 17.2 Å². The van der Waals surface area contributed by atoms with Gasteiger partial charge in [-0.2, -0.15) is 0 Å². The molecule has 0 saturated heterocycles. The van der Waals surface area contributed by atoms with E-state index in [-0.39, 0.29) is 11.0 Å². The second kappa shape index (κ2) is 7.48. The molecule has 0 unspecified atom stereocenters. The average molecular weight is 349 g/mol. The lowest BCUT2D eigenvalue weighted by molar-refractivity contribution is -0.141. The number of carboxylic acids is 1. The quantitative estimate of drug-likeness (QED) is 0.691. The number of nitrogens with one attached hydrogen (secondary N) is 1. The van der Waals surface area contributed by atoms with E-state index in [0.29, 0.717) is 16.5 Å². The Morgan fingerprint density at radius 1 is 1.04 bits per heavy atom. The van der Waals surface area contributed by atoms with Crippen molar-refractivity contribution < 1.29 is 19.1 Å². The zero-order chi connectivity index (χ0) is 18.5. The van der Waals surface area contributed by atoms with E-state index in [4.69, 9.17) is 4.42 Å². The van der Waals surface area contributed by atoms with Gasteiger partial charge in [-0.15, -0.1) is 0 Å². The molecule has 0 saturated carbocycles. The first kappa shape index (κ1) is 17.2. The molecule has 1 heterocycles. The molecule has 3 aromatic rings. The lowest BCUT2D eigenvalue weighted by atomic mass is 10.1. The first-order valence-electron chi connectivity index (χ1n) is 7.83. The smallest absolute Gasteiger partial charge is 0.330 e. The Morgan fingerprint density at radius 2 is 1.73 bits per heavy atom. The van der Waals surface area contributed by atoms with Gasteiger partial charge in [-0.25, -0.2) is 4.79 Å². The molecule has 0 aliphatic carbocycles. The molecule has 0 aliphatic rings. The lowest BCUT2D eigenvalue weighted by Crippen LogP contribution is -2.32. The van der Waals surface area contributed by atoms with Crippen LogP contribution in [0.15, 0.2) is 76.1 Å². The molecule has 3 rings (SSSR count). The number of hydrogen-bond acceptors (Lipinski definition) is 4. The number of fused-ring (bicyclic) bond motifs is 1. The minimum atomic E-state index is -1.18. The molecule has 0 aliphatic heterocycles. The summed E-state index contributed by atoms with van der Waals surface area (Å²) < 4.78 is 5.37. The van der Waals surface area contributed by atoms with E-state index in [1.54, 1.807) is 54.6 Å². The maximum absolute atomic E-state index is 12.4. The number of benzene rings is 2. The summed E-state index contributed by atoms with van der Waals surface area (Å²) in [4.78, 5) is 35.8. The third-order valence-electron chi connectivity index (χ3n) is 3.79. The van der Waals surface area contributed by atoms with Gasteiger partial charge in [-0.1, -0.05) is 42.5 Å². The third-order valence-corrected chi connectivity index (χ3v) is 3.79. The summed E-state index contributed by atoms with van der Waals surface area (Å²) in [5.41, 5.74) is 0.834. The van der Waals surface area contributed by atoms with Gasteiger partial charge < -0.3 is 14.8 Å². The minimum Gasteiger partial charge on any atom is -0.479 e. The van der Waals surface area contributed by atoms with E-state index in [1.807, 2.05) is 0 Å². The number of rotatable bonds is 5. The fourth-order valence-corrected chi connectivity index (χ4v) is 2.50.